The first kappa shape index (κ1) is 11.9. The Labute approximate surface area is 107 Å². The summed E-state index contributed by atoms with van der Waals surface area (Å²) in [5.41, 5.74) is 0. The predicted octanol–water partition coefficient (Wildman–Crippen LogP) is -0.0860. The third kappa shape index (κ3) is 1.63. The number of rotatable bonds is 1. The van der Waals surface area contributed by atoms with Crippen molar-refractivity contribution in [1.82, 2.24) is 20.4 Å². The molecule has 6 heteroatoms. The van der Waals surface area contributed by atoms with Gasteiger partial charge in [-0.15, -0.1) is 0 Å². The average Bonchev–Trinajstić information content (AvgIpc) is 3.01. The summed E-state index contributed by atoms with van der Waals surface area (Å²) < 4.78 is 0. The van der Waals surface area contributed by atoms with Crippen molar-refractivity contribution in [3.8, 4) is 0 Å². The van der Waals surface area contributed by atoms with Crippen LogP contribution in [0.3, 0.4) is 0 Å². The van der Waals surface area contributed by atoms with Crippen LogP contribution in [-0.4, -0.2) is 54.2 Å². The Balaban J connectivity index is 1.78. The van der Waals surface area contributed by atoms with E-state index in [2.05, 4.69) is 10.6 Å². The molecular formula is C12H20N4O2. The highest BCUT2D eigenvalue weighted by Crippen LogP contribution is 2.30. The minimum absolute atomic E-state index is 0.129. The summed E-state index contributed by atoms with van der Waals surface area (Å²) in [6, 6.07) is -0.536. The Hall–Kier alpha value is -1.14. The van der Waals surface area contributed by atoms with Gasteiger partial charge in [0.15, 0.2) is 0 Å². The van der Waals surface area contributed by atoms with Crippen molar-refractivity contribution in [3.05, 3.63) is 0 Å². The molecule has 0 bridgehead atoms. The number of carbonyl (C=O) groups excluding carboxylic acids is 2. The van der Waals surface area contributed by atoms with Crippen LogP contribution in [0, 0.1) is 5.92 Å². The summed E-state index contributed by atoms with van der Waals surface area (Å²) in [5, 5.41) is 6.78. The number of hydrogen-bond donors (Lipinski definition) is 2. The van der Waals surface area contributed by atoms with Gasteiger partial charge in [-0.2, -0.15) is 0 Å². The monoisotopic (exact) mass is 252 g/mol. The molecule has 3 aliphatic rings. The summed E-state index contributed by atoms with van der Waals surface area (Å²) >= 11 is 0. The molecule has 3 amide bonds. The van der Waals surface area contributed by atoms with Crippen molar-refractivity contribution in [3.63, 3.8) is 0 Å². The van der Waals surface area contributed by atoms with Crippen molar-refractivity contribution < 1.29 is 9.59 Å². The molecule has 0 aromatic heterocycles. The number of nitrogens with zero attached hydrogens (tertiary/aromatic N) is 2. The summed E-state index contributed by atoms with van der Waals surface area (Å²) in [5.74, 6) is 0.452. The van der Waals surface area contributed by atoms with Gasteiger partial charge < -0.3 is 4.90 Å². The van der Waals surface area contributed by atoms with Gasteiger partial charge in [-0.1, -0.05) is 12.8 Å². The summed E-state index contributed by atoms with van der Waals surface area (Å²) in [6.45, 7) is 0. The number of hydrogen-bond acceptors (Lipinski definition) is 4. The number of nitrogens with one attached hydrogen (secondary N) is 2. The average molecular weight is 252 g/mol. The van der Waals surface area contributed by atoms with Crippen molar-refractivity contribution in [1.29, 1.82) is 0 Å². The zero-order chi connectivity index (χ0) is 12.9. The number of urea groups is 1. The van der Waals surface area contributed by atoms with Crippen LogP contribution in [0.15, 0.2) is 0 Å². The Morgan fingerprint density at radius 1 is 1.11 bits per heavy atom. The fourth-order valence-electron chi connectivity index (χ4n) is 3.38. The van der Waals surface area contributed by atoms with E-state index in [1.165, 1.54) is 30.6 Å². The third-order valence-electron chi connectivity index (χ3n) is 4.50. The van der Waals surface area contributed by atoms with Crippen molar-refractivity contribution in [2.75, 3.05) is 14.1 Å². The molecule has 3 rings (SSSR count). The highest BCUT2D eigenvalue weighted by molar-refractivity contribution is 6.00. The van der Waals surface area contributed by atoms with Crippen LogP contribution in [0.1, 0.15) is 25.7 Å². The van der Waals surface area contributed by atoms with Crippen molar-refractivity contribution >= 4 is 11.9 Å². The molecule has 3 fully saturated rings. The van der Waals surface area contributed by atoms with E-state index in [-0.39, 0.29) is 30.3 Å². The number of fused-ring (bicyclic) bond motifs is 1. The first-order valence-electron chi connectivity index (χ1n) is 6.66. The molecule has 1 saturated carbocycles. The first-order valence-corrected chi connectivity index (χ1v) is 6.66. The molecule has 2 N–H and O–H groups in total. The number of imide groups is 1. The zero-order valence-electron chi connectivity index (χ0n) is 10.8. The lowest BCUT2D eigenvalue weighted by molar-refractivity contribution is -0.133. The molecule has 100 valence electrons. The molecule has 3 unspecified atom stereocenters. The maximum absolute atomic E-state index is 12.1. The van der Waals surface area contributed by atoms with Gasteiger partial charge in [0.1, 0.15) is 12.2 Å². The zero-order valence-corrected chi connectivity index (χ0v) is 10.8. The minimum Gasteiger partial charge on any atom is -0.310 e. The second-order valence-electron chi connectivity index (χ2n) is 5.57. The SMILES string of the molecule is CN1C(=O)C2NC(C3CCCC3)NC2N(C)C1=O. The molecule has 1 aliphatic carbocycles. The van der Waals surface area contributed by atoms with Gasteiger partial charge in [0.05, 0.1) is 6.17 Å². The number of amides is 3. The summed E-state index contributed by atoms with van der Waals surface area (Å²) in [6.07, 6.45) is 4.89. The standard InChI is InChI=1S/C12H20N4O2/c1-15-10-8(11(17)16(2)12(15)18)13-9(14-10)7-5-3-4-6-7/h7-10,13-14H,3-6H2,1-2H3. The largest absolute Gasteiger partial charge is 0.327 e. The van der Waals surface area contributed by atoms with E-state index in [0.29, 0.717) is 5.92 Å². The van der Waals surface area contributed by atoms with Gasteiger partial charge >= 0.3 is 6.03 Å². The van der Waals surface area contributed by atoms with Crippen LogP contribution >= 0.6 is 0 Å². The predicted molar refractivity (Wildman–Crippen MR) is 65.5 cm³/mol. The highest BCUT2D eigenvalue weighted by Gasteiger charge is 2.49. The molecule has 0 aromatic carbocycles. The molecule has 0 radical (unpaired) electrons. The van der Waals surface area contributed by atoms with E-state index in [0.717, 1.165) is 0 Å². The Morgan fingerprint density at radius 2 is 1.78 bits per heavy atom. The van der Waals surface area contributed by atoms with E-state index < -0.39 is 0 Å². The third-order valence-corrected chi connectivity index (χ3v) is 4.50. The lowest BCUT2D eigenvalue weighted by Gasteiger charge is -2.37. The highest BCUT2D eigenvalue weighted by atomic mass is 16.2. The second kappa shape index (κ2) is 4.20. The van der Waals surface area contributed by atoms with Gasteiger partial charge in [-0.3, -0.25) is 20.3 Å². The van der Waals surface area contributed by atoms with Crippen LogP contribution in [0.25, 0.3) is 0 Å². The number of likely N-dealkylation sites (N-methyl/N-ethyl adjacent to an activating group) is 2. The lowest BCUT2D eigenvalue weighted by Crippen LogP contribution is -2.64. The van der Waals surface area contributed by atoms with Crippen LogP contribution < -0.4 is 10.6 Å². The Bertz CT molecular complexity index is 380. The summed E-state index contributed by atoms with van der Waals surface area (Å²) in [7, 11) is 3.29. The quantitative estimate of drug-likeness (QED) is 0.685. The van der Waals surface area contributed by atoms with E-state index in [4.69, 9.17) is 0 Å². The van der Waals surface area contributed by atoms with E-state index in [9.17, 15) is 9.59 Å². The maximum Gasteiger partial charge on any atom is 0.327 e. The lowest BCUT2D eigenvalue weighted by atomic mass is 10.1. The molecule has 0 aromatic rings. The molecule has 0 spiro atoms. The second-order valence-corrected chi connectivity index (χ2v) is 5.57. The Kier molecular flexibility index (Phi) is 2.79. The molecule has 18 heavy (non-hydrogen) atoms. The van der Waals surface area contributed by atoms with Crippen molar-refractivity contribution in [2.45, 2.75) is 44.1 Å². The first-order chi connectivity index (χ1) is 8.59. The smallest absolute Gasteiger partial charge is 0.310 e. The molecule has 3 atom stereocenters. The summed E-state index contributed by atoms with van der Waals surface area (Å²) in [4.78, 5) is 26.8. The van der Waals surface area contributed by atoms with Crippen LogP contribution in [0.2, 0.25) is 0 Å². The van der Waals surface area contributed by atoms with Gasteiger partial charge in [0.25, 0.3) is 5.91 Å². The van der Waals surface area contributed by atoms with E-state index >= 15 is 0 Å². The number of carbonyl (C=O) groups is 2. The van der Waals surface area contributed by atoms with Crippen LogP contribution in [0.4, 0.5) is 4.79 Å². The normalized spacial score (nSPS) is 37.6. The van der Waals surface area contributed by atoms with Gasteiger partial charge in [-0.25, -0.2) is 4.79 Å². The van der Waals surface area contributed by atoms with Gasteiger partial charge in [0.2, 0.25) is 0 Å². The molecular weight excluding hydrogens is 232 g/mol. The fourth-order valence-corrected chi connectivity index (χ4v) is 3.38. The maximum atomic E-state index is 12.1. The molecule has 6 nitrogen and oxygen atoms in total. The fraction of sp³-hybridized carbons (Fsp3) is 0.833. The minimum atomic E-state index is -0.302. The van der Waals surface area contributed by atoms with E-state index in [1.54, 1.807) is 19.0 Å². The van der Waals surface area contributed by atoms with Gasteiger partial charge in [0, 0.05) is 14.1 Å². The van der Waals surface area contributed by atoms with Crippen LogP contribution in [-0.2, 0) is 4.79 Å². The Morgan fingerprint density at radius 3 is 2.44 bits per heavy atom. The molecule has 2 saturated heterocycles. The molecule has 2 aliphatic heterocycles. The van der Waals surface area contributed by atoms with Gasteiger partial charge in [-0.05, 0) is 18.8 Å². The molecule has 2 heterocycles. The van der Waals surface area contributed by atoms with Crippen molar-refractivity contribution in [2.24, 2.45) is 5.92 Å². The van der Waals surface area contributed by atoms with Crippen LogP contribution in [0.5, 0.6) is 0 Å². The van der Waals surface area contributed by atoms with E-state index in [1.807, 2.05) is 0 Å². The topological polar surface area (TPSA) is 64.7 Å².